The number of ether oxygens (including phenoxy) is 1. The number of amides is 2. The first-order chi connectivity index (χ1) is 25.6. The molecule has 8 rings (SSSR count). The van der Waals surface area contributed by atoms with Gasteiger partial charge in [-0.1, -0.05) is 20.4 Å². The number of carbonyl (C=O) groups excluding carboxylic acids is 2. The standard InChI is InChI=1S/C41H49N9O3/c1-6-37(51)45-33-22-29(7-8-34(33)48-16-15-47(25-26(48)2)30-11-19-53-20-12-30)44-40-43-14-10-32(46-40)31-9-13-42-38(27(31)3)50-18-17-49-35(39(50)52)21-28-23-41(4,5)24-36(28)49/h6-10,13-14,21-22,26,30H,1,11-12,15-20,23-25H2,2-5H3,(H,45,51)(H,43,44,46). The van der Waals surface area contributed by atoms with Crippen molar-refractivity contribution in [2.45, 2.75) is 72.0 Å². The van der Waals surface area contributed by atoms with Gasteiger partial charge in [0.2, 0.25) is 11.9 Å². The normalized spacial score (nSPS) is 20.2. The average Bonchev–Trinajstić information content (AvgIpc) is 3.65. The lowest BCUT2D eigenvalue weighted by Crippen LogP contribution is -2.56. The van der Waals surface area contributed by atoms with Gasteiger partial charge >= 0.3 is 0 Å². The molecule has 1 atom stereocenters. The molecule has 2 N–H and O–H groups in total. The van der Waals surface area contributed by atoms with Crippen molar-refractivity contribution >= 4 is 40.6 Å². The van der Waals surface area contributed by atoms with Crippen LogP contribution in [-0.2, 0) is 28.9 Å². The van der Waals surface area contributed by atoms with Gasteiger partial charge in [0.25, 0.3) is 5.91 Å². The van der Waals surface area contributed by atoms with E-state index in [1.807, 2.05) is 37.3 Å². The van der Waals surface area contributed by atoms with Crippen LogP contribution < -0.4 is 20.4 Å². The van der Waals surface area contributed by atoms with Crippen LogP contribution in [0.4, 0.5) is 28.8 Å². The summed E-state index contributed by atoms with van der Waals surface area (Å²) in [5, 5.41) is 6.39. The van der Waals surface area contributed by atoms with Crippen molar-refractivity contribution in [2.75, 3.05) is 59.8 Å². The summed E-state index contributed by atoms with van der Waals surface area (Å²) in [6, 6.07) is 12.7. The quantitative estimate of drug-likeness (QED) is 0.212. The highest BCUT2D eigenvalue weighted by atomic mass is 16.5. The van der Waals surface area contributed by atoms with Crippen molar-refractivity contribution < 1.29 is 14.3 Å². The van der Waals surface area contributed by atoms with Gasteiger partial charge in [-0.25, -0.2) is 15.0 Å². The highest BCUT2D eigenvalue weighted by Gasteiger charge is 2.37. The van der Waals surface area contributed by atoms with Crippen LogP contribution in [0.5, 0.6) is 0 Å². The minimum Gasteiger partial charge on any atom is -0.381 e. The van der Waals surface area contributed by atoms with Gasteiger partial charge in [0.05, 0.1) is 17.1 Å². The molecule has 2 saturated heterocycles. The molecule has 1 unspecified atom stereocenters. The van der Waals surface area contributed by atoms with Gasteiger partial charge in [0.1, 0.15) is 11.5 Å². The van der Waals surface area contributed by atoms with E-state index in [1.54, 1.807) is 17.3 Å². The maximum absolute atomic E-state index is 13.9. The molecule has 12 heteroatoms. The first-order valence-corrected chi connectivity index (χ1v) is 18.8. The van der Waals surface area contributed by atoms with Crippen LogP contribution in [0.3, 0.4) is 0 Å². The van der Waals surface area contributed by atoms with E-state index in [2.05, 4.69) is 63.4 Å². The Hall–Kier alpha value is -5.07. The Balaban J connectivity index is 1.01. The van der Waals surface area contributed by atoms with E-state index in [1.165, 1.54) is 17.3 Å². The van der Waals surface area contributed by atoms with Crippen LogP contribution in [0.25, 0.3) is 11.3 Å². The molecule has 4 aromatic rings. The second-order valence-corrected chi connectivity index (χ2v) is 15.6. The Kier molecular flexibility index (Phi) is 9.28. The minimum atomic E-state index is -0.271. The number of nitrogens with zero attached hydrogens (tertiary/aromatic N) is 7. The molecule has 0 spiro atoms. The van der Waals surface area contributed by atoms with Crippen molar-refractivity contribution in [1.29, 1.82) is 0 Å². The molecule has 3 aromatic heterocycles. The molecule has 0 radical (unpaired) electrons. The molecule has 53 heavy (non-hydrogen) atoms. The van der Waals surface area contributed by atoms with Crippen molar-refractivity contribution in [1.82, 2.24) is 24.4 Å². The molecular weight excluding hydrogens is 667 g/mol. The summed E-state index contributed by atoms with van der Waals surface area (Å²) in [6.07, 6.45) is 8.90. The first kappa shape index (κ1) is 35.0. The third-order valence-corrected chi connectivity index (χ3v) is 11.4. The lowest BCUT2D eigenvalue weighted by molar-refractivity contribution is -0.111. The van der Waals surface area contributed by atoms with Crippen molar-refractivity contribution in [2.24, 2.45) is 5.41 Å². The van der Waals surface area contributed by atoms with Crippen LogP contribution in [0, 0.1) is 12.3 Å². The number of anilines is 5. The van der Waals surface area contributed by atoms with E-state index in [0.717, 1.165) is 93.3 Å². The van der Waals surface area contributed by atoms with Gasteiger partial charge in [-0.3, -0.25) is 19.4 Å². The Bertz CT molecular complexity index is 2070. The Morgan fingerprint density at radius 3 is 2.62 bits per heavy atom. The van der Waals surface area contributed by atoms with Gasteiger partial charge in [0, 0.05) is 92.9 Å². The number of rotatable bonds is 8. The fourth-order valence-corrected chi connectivity index (χ4v) is 8.76. The summed E-state index contributed by atoms with van der Waals surface area (Å²) in [5.74, 6) is 0.776. The summed E-state index contributed by atoms with van der Waals surface area (Å²) in [5.41, 5.74) is 8.45. The number of hydrogen-bond donors (Lipinski definition) is 2. The van der Waals surface area contributed by atoms with Crippen LogP contribution in [0.15, 0.2) is 61.4 Å². The summed E-state index contributed by atoms with van der Waals surface area (Å²) >= 11 is 0. The third kappa shape index (κ3) is 6.81. The van der Waals surface area contributed by atoms with E-state index in [4.69, 9.17) is 14.7 Å². The van der Waals surface area contributed by atoms with Crippen molar-refractivity contribution in [3.8, 4) is 11.3 Å². The van der Waals surface area contributed by atoms with E-state index < -0.39 is 0 Å². The summed E-state index contributed by atoms with van der Waals surface area (Å²) in [4.78, 5) is 47.3. The molecule has 4 aliphatic rings. The Labute approximate surface area is 311 Å². The predicted octanol–water partition coefficient (Wildman–Crippen LogP) is 5.99. The topological polar surface area (TPSA) is 121 Å². The number of piperazine rings is 1. The van der Waals surface area contributed by atoms with Crippen LogP contribution in [0.1, 0.15) is 60.9 Å². The number of pyridine rings is 1. The molecule has 1 aliphatic carbocycles. The monoisotopic (exact) mass is 715 g/mol. The van der Waals surface area contributed by atoms with E-state index >= 15 is 0 Å². The number of carbonyl (C=O) groups is 2. The number of nitrogens with one attached hydrogen (secondary N) is 2. The zero-order valence-electron chi connectivity index (χ0n) is 31.2. The summed E-state index contributed by atoms with van der Waals surface area (Å²) < 4.78 is 7.82. The second kappa shape index (κ2) is 14.1. The molecule has 2 amide bonds. The predicted molar refractivity (Wildman–Crippen MR) is 208 cm³/mol. The Morgan fingerprint density at radius 1 is 1.02 bits per heavy atom. The molecule has 1 aromatic carbocycles. The van der Waals surface area contributed by atoms with Gasteiger partial charge < -0.3 is 24.8 Å². The maximum atomic E-state index is 13.9. The van der Waals surface area contributed by atoms with Crippen molar-refractivity contribution in [3.63, 3.8) is 0 Å². The fraction of sp³-hybridized carbons (Fsp3) is 0.439. The molecule has 2 fully saturated rings. The Morgan fingerprint density at radius 2 is 1.83 bits per heavy atom. The third-order valence-electron chi connectivity index (χ3n) is 11.4. The summed E-state index contributed by atoms with van der Waals surface area (Å²) in [7, 11) is 0. The van der Waals surface area contributed by atoms with Gasteiger partial charge in [-0.05, 0) is 93.0 Å². The maximum Gasteiger partial charge on any atom is 0.276 e. The molecule has 0 bridgehead atoms. The molecule has 12 nitrogen and oxygen atoms in total. The van der Waals surface area contributed by atoms with Crippen LogP contribution >= 0.6 is 0 Å². The average molecular weight is 716 g/mol. The van der Waals surface area contributed by atoms with Gasteiger partial charge in [-0.2, -0.15) is 0 Å². The number of aromatic nitrogens is 4. The smallest absolute Gasteiger partial charge is 0.276 e. The number of hydrogen-bond acceptors (Lipinski definition) is 9. The second-order valence-electron chi connectivity index (χ2n) is 15.6. The lowest BCUT2D eigenvalue weighted by Gasteiger charge is -2.45. The van der Waals surface area contributed by atoms with E-state index in [9.17, 15) is 9.59 Å². The highest BCUT2D eigenvalue weighted by Crippen LogP contribution is 2.40. The van der Waals surface area contributed by atoms with E-state index in [0.29, 0.717) is 35.7 Å². The number of benzene rings is 1. The van der Waals surface area contributed by atoms with Crippen molar-refractivity contribution in [3.05, 3.63) is 84.0 Å². The summed E-state index contributed by atoms with van der Waals surface area (Å²) in [6.45, 7) is 18.2. The van der Waals surface area contributed by atoms with Crippen LogP contribution in [-0.4, -0.2) is 87.7 Å². The molecular formula is C41H49N9O3. The van der Waals surface area contributed by atoms with Crippen LogP contribution in [0.2, 0.25) is 0 Å². The number of fused-ring (bicyclic) bond motifs is 3. The zero-order valence-corrected chi connectivity index (χ0v) is 31.2. The lowest BCUT2D eigenvalue weighted by atomic mass is 9.90. The molecule has 3 aliphatic heterocycles. The van der Waals surface area contributed by atoms with Gasteiger partial charge in [0.15, 0.2) is 0 Å². The minimum absolute atomic E-state index is 0.0142. The fourth-order valence-electron chi connectivity index (χ4n) is 8.76. The first-order valence-electron chi connectivity index (χ1n) is 18.8. The molecule has 6 heterocycles. The largest absolute Gasteiger partial charge is 0.381 e. The van der Waals surface area contributed by atoms with E-state index in [-0.39, 0.29) is 23.3 Å². The SMILES string of the molecule is C=CC(=O)Nc1cc(Nc2nccc(-c3ccnc(N4CCn5c(cc6c5CC(C)(C)C6)C4=O)c3C)n2)ccc1N1CCN(C2CCOCC2)CC1C. The highest BCUT2D eigenvalue weighted by molar-refractivity contribution is 6.06. The molecule has 276 valence electrons. The van der Waals surface area contributed by atoms with Gasteiger partial charge in [-0.15, -0.1) is 0 Å². The zero-order chi connectivity index (χ0) is 36.9. The molecule has 0 saturated carbocycles.